The number of hydrogen-bond acceptors (Lipinski definition) is 3. The lowest BCUT2D eigenvalue weighted by Crippen LogP contribution is -2.06. The van der Waals surface area contributed by atoms with Crippen molar-refractivity contribution in [3.63, 3.8) is 0 Å². The lowest BCUT2D eigenvalue weighted by Gasteiger charge is -2.16. The van der Waals surface area contributed by atoms with Crippen molar-refractivity contribution < 1.29 is 0 Å². The zero-order valence-corrected chi connectivity index (χ0v) is 11.6. The maximum Gasteiger partial charge on any atom is 0.134 e. The lowest BCUT2D eigenvalue weighted by molar-refractivity contribution is 1.04. The van der Waals surface area contributed by atoms with Gasteiger partial charge in [-0.1, -0.05) is 38.1 Å². The fourth-order valence-corrected chi connectivity index (χ4v) is 2.24. The molecule has 1 heterocycles. The van der Waals surface area contributed by atoms with E-state index in [-0.39, 0.29) is 0 Å². The highest BCUT2D eigenvalue weighted by Crippen LogP contribution is 2.26. The molecule has 0 aliphatic heterocycles. The van der Waals surface area contributed by atoms with Gasteiger partial charge in [-0.3, -0.25) is 0 Å². The van der Waals surface area contributed by atoms with E-state index in [1.165, 1.54) is 16.8 Å². The van der Waals surface area contributed by atoms with Crippen LogP contribution in [0.15, 0.2) is 36.5 Å². The van der Waals surface area contributed by atoms with Crippen molar-refractivity contribution in [2.45, 2.75) is 33.2 Å². The number of benzene rings is 1. The normalized spacial score (nSPS) is 10.5. The molecule has 0 saturated carbocycles. The second-order valence-corrected chi connectivity index (χ2v) is 4.50. The zero-order chi connectivity index (χ0) is 13.7. The monoisotopic (exact) mass is 255 g/mol. The van der Waals surface area contributed by atoms with E-state index in [2.05, 4.69) is 42.3 Å². The topological polar surface area (TPSA) is 50.9 Å². The van der Waals surface area contributed by atoms with Gasteiger partial charge in [0.1, 0.15) is 5.82 Å². The summed E-state index contributed by atoms with van der Waals surface area (Å²) in [6.07, 6.45) is 3.80. The molecule has 0 atom stereocenters. The van der Waals surface area contributed by atoms with E-state index in [1.54, 1.807) is 6.20 Å². The molecule has 3 N–H and O–H groups in total. The van der Waals surface area contributed by atoms with E-state index in [4.69, 9.17) is 5.73 Å². The molecule has 0 aliphatic rings. The van der Waals surface area contributed by atoms with Crippen LogP contribution in [0.5, 0.6) is 0 Å². The van der Waals surface area contributed by atoms with Gasteiger partial charge in [-0.15, -0.1) is 0 Å². The van der Waals surface area contributed by atoms with Crippen LogP contribution in [0.2, 0.25) is 0 Å². The molecule has 3 heteroatoms. The van der Waals surface area contributed by atoms with Crippen molar-refractivity contribution in [1.82, 2.24) is 4.98 Å². The second-order valence-electron chi connectivity index (χ2n) is 4.50. The number of anilines is 2. The fraction of sp³-hybridized carbons (Fsp3) is 0.312. The highest BCUT2D eigenvalue weighted by molar-refractivity contribution is 5.66. The summed E-state index contributed by atoms with van der Waals surface area (Å²) >= 11 is 0. The third kappa shape index (κ3) is 2.93. The van der Waals surface area contributed by atoms with Gasteiger partial charge in [0.25, 0.3) is 0 Å². The van der Waals surface area contributed by atoms with Crippen molar-refractivity contribution >= 4 is 11.5 Å². The van der Waals surface area contributed by atoms with E-state index in [0.29, 0.717) is 6.54 Å². The number of para-hydroxylation sites is 1. The average Bonchev–Trinajstić information content (AvgIpc) is 2.48. The van der Waals surface area contributed by atoms with Gasteiger partial charge in [0.15, 0.2) is 0 Å². The maximum atomic E-state index is 5.77. The van der Waals surface area contributed by atoms with E-state index in [9.17, 15) is 0 Å². The second kappa shape index (κ2) is 6.34. The lowest BCUT2D eigenvalue weighted by atomic mass is 10.0. The van der Waals surface area contributed by atoms with E-state index in [1.807, 2.05) is 12.1 Å². The number of nitrogens with one attached hydrogen (secondary N) is 1. The van der Waals surface area contributed by atoms with Crippen LogP contribution in [0.3, 0.4) is 0 Å². The van der Waals surface area contributed by atoms with Crippen LogP contribution in [0.4, 0.5) is 11.5 Å². The van der Waals surface area contributed by atoms with E-state index in [0.717, 1.165) is 24.2 Å². The van der Waals surface area contributed by atoms with Crippen LogP contribution in [0.25, 0.3) is 0 Å². The maximum absolute atomic E-state index is 5.77. The number of rotatable bonds is 5. The Hall–Kier alpha value is -1.87. The number of nitrogens with two attached hydrogens (primary N) is 1. The van der Waals surface area contributed by atoms with Crippen molar-refractivity contribution in [3.8, 4) is 0 Å². The first-order chi connectivity index (χ1) is 9.30. The molecular formula is C16H21N3. The summed E-state index contributed by atoms with van der Waals surface area (Å²) in [5, 5.41) is 3.47. The molecular weight excluding hydrogens is 234 g/mol. The third-order valence-electron chi connectivity index (χ3n) is 3.35. The van der Waals surface area contributed by atoms with Crippen LogP contribution in [-0.4, -0.2) is 4.98 Å². The number of pyridine rings is 1. The Morgan fingerprint density at radius 2 is 1.63 bits per heavy atom. The van der Waals surface area contributed by atoms with Crippen LogP contribution >= 0.6 is 0 Å². The first-order valence-electron chi connectivity index (χ1n) is 6.81. The van der Waals surface area contributed by atoms with E-state index < -0.39 is 0 Å². The fourth-order valence-electron chi connectivity index (χ4n) is 2.24. The van der Waals surface area contributed by atoms with Gasteiger partial charge < -0.3 is 11.1 Å². The van der Waals surface area contributed by atoms with Crippen LogP contribution in [-0.2, 0) is 19.4 Å². The van der Waals surface area contributed by atoms with Crippen molar-refractivity contribution in [2.75, 3.05) is 5.32 Å². The summed E-state index contributed by atoms with van der Waals surface area (Å²) in [5.41, 5.74) is 10.6. The number of aromatic nitrogens is 1. The molecule has 0 spiro atoms. The van der Waals surface area contributed by atoms with Gasteiger partial charge in [-0.05, 0) is 30.0 Å². The molecule has 0 saturated heterocycles. The summed E-state index contributed by atoms with van der Waals surface area (Å²) in [4.78, 5) is 4.40. The molecule has 3 nitrogen and oxygen atoms in total. The smallest absolute Gasteiger partial charge is 0.134 e. The molecule has 0 radical (unpaired) electrons. The molecule has 19 heavy (non-hydrogen) atoms. The van der Waals surface area contributed by atoms with Gasteiger partial charge in [-0.2, -0.15) is 0 Å². The SMILES string of the molecule is CCc1cccc(CC)c1Nc1ncccc1CN. The standard InChI is InChI=1S/C16H21N3/c1-3-12-7-5-8-13(4-2)15(12)19-16-14(11-17)9-6-10-18-16/h5-10H,3-4,11,17H2,1-2H3,(H,18,19). The summed E-state index contributed by atoms with van der Waals surface area (Å²) in [7, 11) is 0. The Morgan fingerprint density at radius 3 is 2.21 bits per heavy atom. The number of nitrogens with zero attached hydrogens (tertiary/aromatic N) is 1. The minimum absolute atomic E-state index is 0.492. The quantitative estimate of drug-likeness (QED) is 0.860. The summed E-state index contributed by atoms with van der Waals surface area (Å²) < 4.78 is 0. The van der Waals surface area contributed by atoms with Gasteiger partial charge in [0, 0.05) is 24.0 Å². The molecule has 1 aromatic carbocycles. The Kier molecular flexibility index (Phi) is 4.53. The Labute approximate surface area is 114 Å². The first-order valence-corrected chi connectivity index (χ1v) is 6.81. The zero-order valence-electron chi connectivity index (χ0n) is 11.6. The Bertz CT molecular complexity index is 527. The third-order valence-corrected chi connectivity index (χ3v) is 3.35. The highest BCUT2D eigenvalue weighted by atomic mass is 15.0. The Morgan fingerprint density at radius 1 is 1.00 bits per heavy atom. The van der Waals surface area contributed by atoms with E-state index >= 15 is 0 Å². The predicted octanol–water partition coefficient (Wildman–Crippen LogP) is 3.41. The Balaban J connectivity index is 2.42. The summed E-state index contributed by atoms with van der Waals surface area (Å²) in [6, 6.07) is 10.4. The van der Waals surface area contributed by atoms with Gasteiger partial charge in [-0.25, -0.2) is 4.98 Å². The van der Waals surface area contributed by atoms with Crippen LogP contribution in [0.1, 0.15) is 30.5 Å². The molecule has 1 aromatic heterocycles. The summed E-state index contributed by atoms with van der Waals surface area (Å²) in [6.45, 7) is 4.83. The predicted molar refractivity (Wildman–Crippen MR) is 80.6 cm³/mol. The number of aryl methyl sites for hydroxylation is 2. The molecule has 0 aliphatic carbocycles. The average molecular weight is 255 g/mol. The van der Waals surface area contributed by atoms with Gasteiger partial charge >= 0.3 is 0 Å². The highest BCUT2D eigenvalue weighted by Gasteiger charge is 2.09. The molecule has 0 bridgehead atoms. The molecule has 0 fully saturated rings. The molecule has 2 aromatic rings. The van der Waals surface area contributed by atoms with Crippen LogP contribution < -0.4 is 11.1 Å². The van der Waals surface area contributed by atoms with Crippen LogP contribution in [0, 0.1) is 0 Å². The number of hydrogen-bond donors (Lipinski definition) is 2. The molecule has 2 rings (SSSR count). The first kappa shape index (κ1) is 13.6. The minimum Gasteiger partial charge on any atom is -0.340 e. The van der Waals surface area contributed by atoms with Crippen molar-refractivity contribution in [1.29, 1.82) is 0 Å². The molecule has 100 valence electrons. The van der Waals surface area contributed by atoms with Gasteiger partial charge in [0.05, 0.1) is 0 Å². The molecule has 0 amide bonds. The van der Waals surface area contributed by atoms with Crippen molar-refractivity contribution in [2.24, 2.45) is 5.73 Å². The summed E-state index contributed by atoms with van der Waals surface area (Å²) in [5.74, 6) is 0.862. The largest absolute Gasteiger partial charge is 0.340 e. The minimum atomic E-state index is 0.492. The molecule has 0 unspecified atom stereocenters. The van der Waals surface area contributed by atoms with Gasteiger partial charge in [0.2, 0.25) is 0 Å². The van der Waals surface area contributed by atoms with Crippen molar-refractivity contribution in [3.05, 3.63) is 53.2 Å².